The number of piperidine rings is 1. The Bertz CT molecular complexity index is 1020. The van der Waals surface area contributed by atoms with Crippen molar-refractivity contribution in [1.82, 2.24) is 15.5 Å². The average Bonchev–Trinajstić information content (AvgIpc) is 3.32. The molecule has 1 aromatic rings. The third kappa shape index (κ3) is 8.24. The van der Waals surface area contributed by atoms with Gasteiger partial charge in [-0.2, -0.15) is 0 Å². The van der Waals surface area contributed by atoms with Gasteiger partial charge in [0, 0.05) is 24.3 Å². The van der Waals surface area contributed by atoms with Gasteiger partial charge in [-0.1, -0.05) is 36.4 Å². The van der Waals surface area contributed by atoms with E-state index in [2.05, 4.69) is 10.6 Å². The number of thioether (sulfide) groups is 1. The molecule has 2 aliphatic rings. The standard InChI is InChI=1S/C25H32N4O7S/c1-2-35-22(31)13-9-17(8-11-20(26)30)27-23(32)19-15-37-21-12-10-18(24(33)29(19)21)28-25(34)36-14-16-6-4-3-5-7-16/h3-7,9,13,17-19,21H,2,8,10-12,14-15H2,1H3,(H2,26,30)(H,27,32)(H,28,34)/b13-9+/t17-,18-,19-,21-/m0/s1. The number of carbonyl (C=O) groups excluding carboxylic acids is 5. The number of rotatable bonds is 11. The number of hydrogen-bond donors (Lipinski definition) is 3. The van der Waals surface area contributed by atoms with E-state index in [1.165, 1.54) is 28.8 Å². The summed E-state index contributed by atoms with van der Waals surface area (Å²) in [5, 5.41) is 5.24. The number of benzene rings is 1. The third-order valence-electron chi connectivity index (χ3n) is 5.94. The number of hydrogen-bond acceptors (Lipinski definition) is 8. The van der Waals surface area contributed by atoms with Gasteiger partial charge >= 0.3 is 12.1 Å². The van der Waals surface area contributed by atoms with Crippen LogP contribution in [0.1, 0.15) is 38.2 Å². The lowest BCUT2D eigenvalue weighted by molar-refractivity contribution is -0.143. The highest BCUT2D eigenvalue weighted by atomic mass is 32.2. The molecular weight excluding hydrogens is 500 g/mol. The van der Waals surface area contributed by atoms with Crippen LogP contribution in [0.3, 0.4) is 0 Å². The maximum atomic E-state index is 13.2. The van der Waals surface area contributed by atoms with Gasteiger partial charge in [0.1, 0.15) is 18.7 Å². The highest BCUT2D eigenvalue weighted by molar-refractivity contribution is 8.00. The number of ether oxygens (including phenoxy) is 2. The van der Waals surface area contributed by atoms with E-state index in [9.17, 15) is 24.0 Å². The number of carbonyl (C=O) groups is 5. The fourth-order valence-corrected chi connectivity index (χ4v) is 5.55. The summed E-state index contributed by atoms with van der Waals surface area (Å²) in [6, 6.07) is 6.96. The maximum Gasteiger partial charge on any atom is 0.408 e. The number of primary amides is 1. The van der Waals surface area contributed by atoms with Gasteiger partial charge in [-0.15, -0.1) is 11.8 Å². The molecule has 0 spiro atoms. The van der Waals surface area contributed by atoms with Crippen molar-refractivity contribution in [2.75, 3.05) is 12.4 Å². The number of alkyl carbamates (subject to hydrolysis) is 1. The molecule has 12 heteroatoms. The number of amides is 4. The molecule has 37 heavy (non-hydrogen) atoms. The second kappa shape index (κ2) is 13.7. The van der Waals surface area contributed by atoms with Crippen molar-refractivity contribution in [1.29, 1.82) is 0 Å². The SMILES string of the molecule is CCOC(=O)/C=C/[C@H](CCC(N)=O)NC(=O)[C@@H]1CS[C@H]2CC[C@H](NC(=O)OCc3ccccc3)C(=O)N21. The zero-order valence-corrected chi connectivity index (χ0v) is 21.4. The Morgan fingerprint density at radius 1 is 1.19 bits per heavy atom. The molecule has 3 rings (SSSR count). The molecule has 4 atom stereocenters. The molecule has 0 saturated carbocycles. The van der Waals surface area contributed by atoms with Crippen LogP contribution in [0.2, 0.25) is 0 Å². The van der Waals surface area contributed by atoms with Crippen LogP contribution in [0.25, 0.3) is 0 Å². The molecule has 0 unspecified atom stereocenters. The fourth-order valence-electron chi connectivity index (χ4n) is 4.12. The predicted molar refractivity (Wildman–Crippen MR) is 136 cm³/mol. The number of nitrogens with zero attached hydrogens (tertiary/aromatic N) is 1. The molecule has 2 heterocycles. The van der Waals surface area contributed by atoms with E-state index in [-0.39, 0.29) is 37.3 Å². The zero-order chi connectivity index (χ0) is 26.8. The predicted octanol–water partition coefficient (Wildman–Crippen LogP) is 1.21. The first-order valence-electron chi connectivity index (χ1n) is 12.1. The average molecular weight is 533 g/mol. The Balaban J connectivity index is 1.60. The lowest BCUT2D eigenvalue weighted by Crippen LogP contribution is -2.59. The Kier molecular flexibility index (Phi) is 10.4. The van der Waals surface area contributed by atoms with E-state index in [1.807, 2.05) is 30.3 Å². The molecule has 0 aromatic heterocycles. The van der Waals surface area contributed by atoms with Crippen LogP contribution in [0.5, 0.6) is 0 Å². The molecule has 2 aliphatic heterocycles. The zero-order valence-electron chi connectivity index (χ0n) is 20.6. The van der Waals surface area contributed by atoms with Gasteiger partial charge in [-0.3, -0.25) is 14.4 Å². The molecule has 4 N–H and O–H groups in total. The molecular formula is C25H32N4O7S. The van der Waals surface area contributed by atoms with Crippen LogP contribution in [0, 0.1) is 0 Å². The summed E-state index contributed by atoms with van der Waals surface area (Å²) >= 11 is 1.50. The summed E-state index contributed by atoms with van der Waals surface area (Å²) in [7, 11) is 0. The molecule has 1 aromatic carbocycles. The summed E-state index contributed by atoms with van der Waals surface area (Å²) in [6.45, 7) is 1.95. The van der Waals surface area contributed by atoms with E-state index in [0.29, 0.717) is 18.6 Å². The summed E-state index contributed by atoms with van der Waals surface area (Å²) in [6.07, 6.45) is 3.16. The van der Waals surface area contributed by atoms with Gasteiger partial charge in [-0.05, 0) is 31.7 Å². The van der Waals surface area contributed by atoms with Gasteiger partial charge in [-0.25, -0.2) is 9.59 Å². The Morgan fingerprint density at radius 3 is 2.65 bits per heavy atom. The molecule has 0 radical (unpaired) electrons. The molecule has 0 aliphatic carbocycles. The monoisotopic (exact) mass is 532 g/mol. The van der Waals surface area contributed by atoms with Gasteiger partial charge in [0.25, 0.3) is 0 Å². The van der Waals surface area contributed by atoms with E-state index in [4.69, 9.17) is 15.2 Å². The molecule has 2 saturated heterocycles. The first kappa shape index (κ1) is 28.0. The van der Waals surface area contributed by atoms with Crippen molar-refractivity contribution in [3.05, 3.63) is 48.0 Å². The van der Waals surface area contributed by atoms with Crippen molar-refractivity contribution >= 4 is 41.5 Å². The van der Waals surface area contributed by atoms with E-state index < -0.39 is 42.0 Å². The molecule has 4 amide bonds. The first-order valence-corrected chi connectivity index (χ1v) is 13.2. The summed E-state index contributed by atoms with van der Waals surface area (Å²) < 4.78 is 10.1. The van der Waals surface area contributed by atoms with E-state index in [1.54, 1.807) is 6.92 Å². The van der Waals surface area contributed by atoms with Crippen LogP contribution in [0.4, 0.5) is 4.79 Å². The Morgan fingerprint density at radius 2 is 1.95 bits per heavy atom. The van der Waals surface area contributed by atoms with Crippen molar-refractivity contribution in [2.24, 2.45) is 5.73 Å². The highest BCUT2D eigenvalue weighted by Crippen LogP contribution is 2.36. The Labute approximate surface area is 219 Å². The minimum atomic E-state index is -0.803. The number of nitrogens with two attached hydrogens (primary N) is 1. The quantitative estimate of drug-likeness (QED) is 0.284. The minimum absolute atomic E-state index is 0.000113. The summed E-state index contributed by atoms with van der Waals surface area (Å²) in [5.74, 6) is -1.50. The lowest BCUT2D eigenvalue weighted by Gasteiger charge is -2.37. The van der Waals surface area contributed by atoms with Gasteiger partial charge in [0.2, 0.25) is 17.7 Å². The van der Waals surface area contributed by atoms with Crippen molar-refractivity contribution in [3.63, 3.8) is 0 Å². The third-order valence-corrected chi connectivity index (χ3v) is 7.29. The molecule has 11 nitrogen and oxygen atoms in total. The van der Waals surface area contributed by atoms with Gasteiger partial charge < -0.3 is 30.7 Å². The van der Waals surface area contributed by atoms with E-state index in [0.717, 1.165) is 5.56 Å². The normalized spacial score (nSPS) is 21.7. The molecule has 0 bridgehead atoms. The van der Waals surface area contributed by atoms with Gasteiger partial charge in [0.05, 0.1) is 12.0 Å². The van der Waals surface area contributed by atoms with Crippen LogP contribution in [0.15, 0.2) is 42.5 Å². The van der Waals surface area contributed by atoms with E-state index >= 15 is 0 Å². The van der Waals surface area contributed by atoms with Crippen LogP contribution in [-0.2, 0) is 35.3 Å². The number of esters is 1. The second-order valence-electron chi connectivity index (χ2n) is 8.62. The van der Waals surface area contributed by atoms with Crippen molar-refractivity contribution in [2.45, 2.75) is 62.7 Å². The summed E-state index contributed by atoms with van der Waals surface area (Å²) in [5.41, 5.74) is 6.07. The van der Waals surface area contributed by atoms with Crippen molar-refractivity contribution in [3.8, 4) is 0 Å². The first-order chi connectivity index (χ1) is 17.8. The Hall–Kier alpha value is -3.54. The largest absolute Gasteiger partial charge is 0.463 e. The lowest BCUT2D eigenvalue weighted by atomic mass is 10.0. The number of nitrogens with one attached hydrogen (secondary N) is 2. The number of fused-ring (bicyclic) bond motifs is 1. The van der Waals surface area contributed by atoms with Crippen molar-refractivity contribution < 1.29 is 33.4 Å². The highest BCUT2D eigenvalue weighted by Gasteiger charge is 2.47. The fraction of sp³-hybridized carbons (Fsp3) is 0.480. The van der Waals surface area contributed by atoms with Crippen LogP contribution < -0.4 is 16.4 Å². The molecule has 2 fully saturated rings. The van der Waals surface area contributed by atoms with Crippen LogP contribution >= 0.6 is 11.8 Å². The smallest absolute Gasteiger partial charge is 0.408 e. The minimum Gasteiger partial charge on any atom is -0.463 e. The van der Waals surface area contributed by atoms with Crippen LogP contribution in [-0.4, -0.2) is 70.5 Å². The van der Waals surface area contributed by atoms with Gasteiger partial charge in [0.15, 0.2) is 0 Å². The second-order valence-corrected chi connectivity index (χ2v) is 9.83. The summed E-state index contributed by atoms with van der Waals surface area (Å²) in [4.78, 5) is 63.2. The maximum absolute atomic E-state index is 13.2. The topological polar surface area (TPSA) is 157 Å². The molecule has 200 valence electrons.